The first-order chi connectivity index (χ1) is 13.9. The fourth-order valence-electron chi connectivity index (χ4n) is 2.77. The third kappa shape index (κ3) is 5.47. The van der Waals surface area contributed by atoms with Crippen LogP contribution >= 0.6 is 15.9 Å². The molecular formula is C19H21BrN2O6S. The second-order valence-corrected chi connectivity index (χ2v) is 9.03. The topological polar surface area (TPSA) is 94.2 Å². The highest BCUT2D eigenvalue weighted by atomic mass is 79.9. The SMILES string of the molecule is COc1ccc(S(=O)(=O)N2CCOCC2)cc1NC(=O)COc1cccc(Br)c1. The van der Waals surface area contributed by atoms with E-state index in [1.54, 1.807) is 18.2 Å². The summed E-state index contributed by atoms with van der Waals surface area (Å²) in [6.07, 6.45) is 0. The molecule has 29 heavy (non-hydrogen) atoms. The summed E-state index contributed by atoms with van der Waals surface area (Å²) in [5, 5.41) is 2.65. The number of halogens is 1. The number of carbonyl (C=O) groups excluding carboxylic acids is 1. The Bertz CT molecular complexity index is 976. The normalized spacial score (nSPS) is 15.0. The van der Waals surface area contributed by atoms with Crippen LogP contribution in [0.25, 0.3) is 0 Å². The molecule has 0 saturated carbocycles. The van der Waals surface area contributed by atoms with Crippen molar-refractivity contribution in [2.45, 2.75) is 4.90 Å². The molecule has 1 amide bonds. The minimum Gasteiger partial charge on any atom is -0.495 e. The minimum absolute atomic E-state index is 0.0726. The van der Waals surface area contributed by atoms with E-state index in [1.807, 2.05) is 6.07 Å². The Morgan fingerprint density at radius 3 is 2.66 bits per heavy atom. The van der Waals surface area contributed by atoms with E-state index in [-0.39, 0.29) is 30.3 Å². The zero-order valence-electron chi connectivity index (χ0n) is 15.8. The molecule has 1 saturated heterocycles. The minimum atomic E-state index is -3.70. The second kappa shape index (κ2) is 9.57. The van der Waals surface area contributed by atoms with E-state index < -0.39 is 15.9 Å². The van der Waals surface area contributed by atoms with Crippen molar-refractivity contribution in [2.24, 2.45) is 0 Å². The Morgan fingerprint density at radius 1 is 1.21 bits per heavy atom. The van der Waals surface area contributed by atoms with Gasteiger partial charge in [-0.25, -0.2) is 8.42 Å². The van der Waals surface area contributed by atoms with Crippen molar-refractivity contribution in [2.75, 3.05) is 45.3 Å². The van der Waals surface area contributed by atoms with Gasteiger partial charge in [-0.3, -0.25) is 4.79 Å². The van der Waals surface area contributed by atoms with Crippen LogP contribution < -0.4 is 14.8 Å². The van der Waals surface area contributed by atoms with E-state index in [9.17, 15) is 13.2 Å². The first-order valence-electron chi connectivity index (χ1n) is 8.84. The summed E-state index contributed by atoms with van der Waals surface area (Å²) in [4.78, 5) is 12.4. The lowest BCUT2D eigenvalue weighted by Gasteiger charge is -2.26. The summed E-state index contributed by atoms with van der Waals surface area (Å²) < 4.78 is 43.8. The number of ether oxygens (including phenoxy) is 3. The molecule has 0 bridgehead atoms. The van der Waals surface area contributed by atoms with Crippen molar-refractivity contribution < 1.29 is 27.4 Å². The Balaban J connectivity index is 1.73. The Kier molecular flexibility index (Phi) is 7.12. The zero-order valence-corrected chi connectivity index (χ0v) is 18.2. The molecule has 1 aliphatic rings. The highest BCUT2D eigenvalue weighted by Gasteiger charge is 2.27. The summed E-state index contributed by atoms with van der Waals surface area (Å²) in [7, 11) is -2.25. The number of rotatable bonds is 7. The largest absolute Gasteiger partial charge is 0.495 e. The number of nitrogens with zero attached hydrogens (tertiary/aromatic N) is 1. The molecule has 3 rings (SSSR count). The highest BCUT2D eigenvalue weighted by molar-refractivity contribution is 9.10. The van der Waals surface area contributed by atoms with Gasteiger partial charge in [0, 0.05) is 17.6 Å². The van der Waals surface area contributed by atoms with Crippen molar-refractivity contribution in [3.8, 4) is 11.5 Å². The van der Waals surface area contributed by atoms with Crippen LogP contribution in [-0.4, -0.2) is 58.7 Å². The van der Waals surface area contributed by atoms with Crippen LogP contribution in [0.3, 0.4) is 0 Å². The number of benzene rings is 2. The number of anilines is 1. The lowest BCUT2D eigenvalue weighted by atomic mass is 10.3. The molecule has 0 atom stereocenters. The zero-order chi connectivity index (χ0) is 20.9. The van der Waals surface area contributed by atoms with E-state index >= 15 is 0 Å². The molecule has 8 nitrogen and oxygen atoms in total. The van der Waals surface area contributed by atoms with Crippen LogP contribution in [0.5, 0.6) is 11.5 Å². The van der Waals surface area contributed by atoms with Gasteiger partial charge in [0.1, 0.15) is 11.5 Å². The van der Waals surface area contributed by atoms with Gasteiger partial charge in [0.05, 0.1) is 30.9 Å². The Hall–Kier alpha value is -2.14. The number of nitrogens with one attached hydrogen (secondary N) is 1. The summed E-state index contributed by atoms with van der Waals surface area (Å²) in [6, 6.07) is 11.5. The van der Waals surface area contributed by atoms with E-state index in [0.717, 1.165) is 4.47 Å². The van der Waals surface area contributed by atoms with E-state index in [2.05, 4.69) is 21.2 Å². The van der Waals surface area contributed by atoms with Gasteiger partial charge in [-0.2, -0.15) is 4.31 Å². The molecule has 1 heterocycles. The first-order valence-corrected chi connectivity index (χ1v) is 11.1. The molecule has 0 spiro atoms. The predicted octanol–water partition coefficient (Wildman–Crippen LogP) is 2.50. The maximum absolute atomic E-state index is 12.9. The van der Waals surface area contributed by atoms with Gasteiger partial charge in [-0.15, -0.1) is 0 Å². The number of sulfonamides is 1. The molecule has 0 aliphatic carbocycles. The van der Waals surface area contributed by atoms with E-state index in [1.165, 1.54) is 29.6 Å². The summed E-state index contributed by atoms with van der Waals surface area (Å²) >= 11 is 3.34. The van der Waals surface area contributed by atoms with Gasteiger partial charge in [-0.05, 0) is 36.4 Å². The van der Waals surface area contributed by atoms with Crippen LogP contribution in [0.2, 0.25) is 0 Å². The van der Waals surface area contributed by atoms with E-state index in [0.29, 0.717) is 24.7 Å². The standard InChI is InChI=1S/C19H21BrN2O6S/c1-26-18-6-5-16(29(24,25)22-7-9-27-10-8-22)12-17(18)21-19(23)13-28-15-4-2-3-14(20)11-15/h2-6,11-12H,7-10,13H2,1H3,(H,21,23). The lowest BCUT2D eigenvalue weighted by Crippen LogP contribution is -2.40. The molecule has 2 aromatic carbocycles. The average Bonchev–Trinajstić information content (AvgIpc) is 2.73. The number of carbonyl (C=O) groups is 1. The first kappa shape index (κ1) is 21.6. The summed E-state index contributed by atoms with van der Waals surface area (Å²) in [5.41, 5.74) is 0.254. The van der Waals surface area contributed by atoms with Gasteiger partial charge >= 0.3 is 0 Å². The lowest BCUT2D eigenvalue weighted by molar-refractivity contribution is -0.118. The molecule has 0 radical (unpaired) electrons. The third-order valence-corrected chi connectivity index (χ3v) is 6.61. The van der Waals surface area contributed by atoms with Crippen LogP contribution in [0.15, 0.2) is 51.8 Å². The van der Waals surface area contributed by atoms with Crippen molar-refractivity contribution in [1.82, 2.24) is 4.31 Å². The maximum atomic E-state index is 12.9. The summed E-state index contributed by atoms with van der Waals surface area (Å²) in [6.45, 7) is 1.05. The molecule has 1 aliphatic heterocycles. The number of amides is 1. The van der Waals surface area contributed by atoms with E-state index in [4.69, 9.17) is 14.2 Å². The van der Waals surface area contributed by atoms with Crippen LogP contribution in [-0.2, 0) is 19.6 Å². The maximum Gasteiger partial charge on any atom is 0.262 e. The molecule has 1 fully saturated rings. The fraction of sp³-hybridized carbons (Fsp3) is 0.316. The van der Waals surface area contributed by atoms with Crippen molar-refractivity contribution in [3.63, 3.8) is 0 Å². The highest BCUT2D eigenvalue weighted by Crippen LogP contribution is 2.29. The molecule has 156 valence electrons. The summed E-state index contributed by atoms with van der Waals surface area (Å²) in [5.74, 6) is 0.441. The number of methoxy groups -OCH3 is 1. The van der Waals surface area contributed by atoms with Crippen molar-refractivity contribution >= 4 is 37.5 Å². The van der Waals surface area contributed by atoms with Crippen LogP contribution in [0.4, 0.5) is 5.69 Å². The molecule has 0 unspecified atom stereocenters. The molecular weight excluding hydrogens is 464 g/mol. The monoisotopic (exact) mass is 484 g/mol. The van der Waals surface area contributed by atoms with Crippen molar-refractivity contribution in [3.05, 3.63) is 46.9 Å². The van der Waals surface area contributed by atoms with Gasteiger partial charge in [0.15, 0.2) is 6.61 Å². The third-order valence-electron chi connectivity index (χ3n) is 4.22. The van der Waals surface area contributed by atoms with Gasteiger partial charge in [0.2, 0.25) is 10.0 Å². The Labute approximate surface area is 177 Å². The smallest absolute Gasteiger partial charge is 0.262 e. The van der Waals surface area contributed by atoms with Gasteiger partial charge < -0.3 is 19.5 Å². The fourth-order valence-corrected chi connectivity index (χ4v) is 4.59. The Morgan fingerprint density at radius 2 is 1.97 bits per heavy atom. The van der Waals surface area contributed by atoms with Crippen molar-refractivity contribution in [1.29, 1.82) is 0 Å². The second-order valence-electron chi connectivity index (χ2n) is 6.17. The predicted molar refractivity (Wildman–Crippen MR) is 111 cm³/mol. The number of hydrogen-bond donors (Lipinski definition) is 1. The van der Waals surface area contributed by atoms with Crippen LogP contribution in [0, 0.1) is 0 Å². The number of morpholine rings is 1. The average molecular weight is 485 g/mol. The van der Waals surface area contributed by atoms with Crippen LogP contribution in [0.1, 0.15) is 0 Å². The number of hydrogen-bond acceptors (Lipinski definition) is 6. The molecule has 2 aromatic rings. The molecule has 0 aromatic heterocycles. The van der Waals surface area contributed by atoms with Gasteiger partial charge in [0.25, 0.3) is 5.91 Å². The van der Waals surface area contributed by atoms with Gasteiger partial charge in [-0.1, -0.05) is 22.0 Å². The molecule has 10 heteroatoms. The quantitative estimate of drug-likeness (QED) is 0.648. The molecule has 1 N–H and O–H groups in total.